The van der Waals surface area contributed by atoms with E-state index in [0.717, 1.165) is 9.26 Å². The molecule has 0 saturated carbocycles. The average Bonchev–Trinajstić information content (AvgIpc) is 2.84. The number of carbonyl (C=O) groups excluding carboxylic acids is 1. The minimum atomic E-state index is -0.262. The summed E-state index contributed by atoms with van der Waals surface area (Å²) < 4.78 is 2.48. The number of nitrogens with two attached hydrogens (primary N) is 1. The van der Waals surface area contributed by atoms with E-state index < -0.39 is 0 Å². The Morgan fingerprint density at radius 3 is 2.90 bits per heavy atom. The third-order valence-electron chi connectivity index (χ3n) is 2.76. The highest BCUT2D eigenvalue weighted by Gasteiger charge is 2.15. The van der Waals surface area contributed by atoms with Crippen LogP contribution in [0.1, 0.15) is 10.4 Å². The Labute approximate surface area is 128 Å². The van der Waals surface area contributed by atoms with Crippen LogP contribution >= 0.6 is 22.6 Å². The second-order valence-electron chi connectivity index (χ2n) is 4.11. The second-order valence-corrected chi connectivity index (χ2v) is 5.27. The molecule has 2 aromatic heterocycles. The number of aromatic nitrogens is 3. The molecule has 100 valence electrons. The lowest BCUT2D eigenvalue weighted by Gasteiger charge is -2.05. The van der Waals surface area contributed by atoms with Gasteiger partial charge in [-0.3, -0.25) is 4.79 Å². The van der Waals surface area contributed by atoms with Crippen LogP contribution in [0.4, 0.5) is 11.5 Å². The van der Waals surface area contributed by atoms with Crippen LogP contribution in [0.2, 0.25) is 0 Å². The molecule has 0 radical (unpaired) electrons. The molecule has 3 rings (SSSR count). The maximum atomic E-state index is 12.3. The Hall–Kier alpha value is -2.16. The van der Waals surface area contributed by atoms with Gasteiger partial charge < -0.3 is 11.1 Å². The number of nitrogen functional groups attached to an aromatic ring is 1. The van der Waals surface area contributed by atoms with Crippen molar-refractivity contribution in [2.45, 2.75) is 0 Å². The fourth-order valence-electron chi connectivity index (χ4n) is 1.80. The van der Waals surface area contributed by atoms with Gasteiger partial charge in [-0.25, -0.2) is 9.50 Å². The molecule has 0 aliphatic heterocycles. The molecule has 0 fully saturated rings. The summed E-state index contributed by atoms with van der Waals surface area (Å²) in [6.07, 6.45) is 3.15. The monoisotopic (exact) mass is 379 g/mol. The maximum Gasteiger partial charge on any atom is 0.261 e. The molecule has 0 aliphatic carbocycles. The zero-order valence-corrected chi connectivity index (χ0v) is 12.4. The van der Waals surface area contributed by atoms with E-state index in [-0.39, 0.29) is 5.91 Å². The molecule has 0 bridgehead atoms. The van der Waals surface area contributed by atoms with Crippen LogP contribution in [0, 0.1) is 3.57 Å². The number of amides is 1. The van der Waals surface area contributed by atoms with Gasteiger partial charge in [0, 0.05) is 9.77 Å². The Morgan fingerprint density at radius 2 is 2.10 bits per heavy atom. The molecule has 6 nitrogen and oxygen atoms in total. The summed E-state index contributed by atoms with van der Waals surface area (Å²) >= 11 is 2.16. The van der Waals surface area contributed by atoms with Crippen molar-refractivity contribution >= 4 is 45.7 Å². The Bertz CT molecular complexity index is 798. The van der Waals surface area contributed by atoms with Crippen LogP contribution in [0.15, 0.2) is 42.7 Å². The zero-order valence-electron chi connectivity index (χ0n) is 10.2. The number of nitrogens with one attached hydrogen (secondary N) is 1. The molecule has 1 amide bonds. The Balaban J connectivity index is 1.97. The van der Waals surface area contributed by atoms with Crippen molar-refractivity contribution in [2.24, 2.45) is 0 Å². The van der Waals surface area contributed by atoms with Gasteiger partial charge in [-0.05, 0) is 40.8 Å². The minimum Gasteiger partial charge on any atom is -0.384 e. The molecule has 0 atom stereocenters. The van der Waals surface area contributed by atoms with Crippen LogP contribution in [0.5, 0.6) is 0 Å². The summed E-state index contributed by atoms with van der Waals surface area (Å²) in [5, 5.41) is 6.92. The standard InChI is InChI=1S/C13H10IN5O/c14-9-3-1-2-4-10(9)17-13(20)8-7-16-19-6-5-11(15)18-12(8)19/h1-7H,(H2,15,18)(H,17,20). The van der Waals surface area contributed by atoms with Gasteiger partial charge in [0.1, 0.15) is 11.4 Å². The van der Waals surface area contributed by atoms with Gasteiger partial charge in [-0.15, -0.1) is 0 Å². The van der Waals surface area contributed by atoms with Crippen molar-refractivity contribution in [2.75, 3.05) is 11.1 Å². The summed E-state index contributed by atoms with van der Waals surface area (Å²) in [6.45, 7) is 0. The van der Waals surface area contributed by atoms with Gasteiger partial charge in [-0.1, -0.05) is 12.1 Å². The first-order chi connectivity index (χ1) is 9.65. The summed E-state index contributed by atoms with van der Waals surface area (Å²) in [5.74, 6) is 0.0866. The summed E-state index contributed by atoms with van der Waals surface area (Å²) in [5.41, 5.74) is 7.22. The molecule has 0 aliphatic rings. The number of hydrogen-bond donors (Lipinski definition) is 2. The van der Waals surface area contributed by atoms with Gasteiger partial charge in [-0.2, -0.15) is 5.10 Å². The van der Waals surface area contributed by atoms with Crippen LogP contribution in [-0.4, -0.2) is 20.5 Å². The van der Waals surface area contributed by atoms with E-state index >= 15 is 0 Å². The average molecular weight is 379 g/mol. The molecule has 0 spiro atoms. The molecular formula is C13H10IN5O. The summed E-state index contributed by atoms with van der Waals surface area (Å²) in [4.78, 5) is 16.4. The third kappa shape index (κ3) is 2.31. The van der Waals surface area contributed by atoms with Crippen molar-refractivity contribution in [1.29, 1.82) is 0 Å². The first-order valence-corrected chi connectivity index (χ1v) is 6.89. The Kier molecular flexibility index (Phi) is 3.26. The predicted octanol–water partition coefficient (Wildman–Crippen LogP) is 2.17. The van der Waals surface area contributed by atoms with E-state index in [1.165, 1.54) is 10.7 Å². The summed E-state index contributed by atoms with van der Waals surface area (Å²) in [6, 6.07) is 9.16. The van der Waals surface area contributed by atoms with Crippen molar-refractivity contribution < 1.29 is 4.79 Å². The van der Waals surface area contributed by atoms with Gasteiger partial charge in [0.2, 0.25) is 0 Å². The lowest BCUT2D eigenvalue weighted by Crippen LogP contribution is -2.13. The number of halogens is 1. The number of benzene rings is 1. The molecule has 0 unspecified atom stereocenters. The predicted molar refractivity (Wildman–Crippen MR) is 84.5 cm³/mol. The maximum absolute atomic E-state index is 12.3. The first kappa shape index (κ1) is 12.9. The molecule has 2 heterocycles. The minimum absolute atomic E-state index is 0.262. The van der Waals surface area contributed by atoms with Crippen molar-refractivity contribution in [1.82, 2.24) is 14.6 Å². The molecule has 0 saturated heterocycles. The molecular weight excluding hydrogens is 369 g/mol. The number of hydrogen-bond acceptors (Lipinski definition) is 4. The summed E-state index contributed by atoms with van der Waals surface area (Å²) in [7, 11) is 0. The number of nitrogens with zero attached hydrogens (tertiary/aromatic N) is 3. The largest absolute Gasteiger partial charge is 0.384 e. The first-order valence-electron chi connectivity index (χ1n) is 5.81. The van der Waals surface area contributed by atoms with Crippen molar-refractivity contribution in [3.05, 3.63) is 51.9 Å². The molecule has 1 aromatic carbocycles. The van der Waals surface area contributed by atoms with E-state index in [9.17, 15) is 4.79 Å². The highest BCUT2D eigenvalue weighted by molar-refractivity contribution is 14.1. The highest BCUT2D eigenvalue weighted by Crippen LogP contribution is 2.19. The lowest BCUT2D eigenvalue weighted by atomic mass is 10.2. The van der Waals surface area contributed by atoms with Crippen molar-refractivity contribution in [3.63, 3.8) is 0 Å². The fraction of sp³-hybridized carbons (Fsp3) is 0. The van der Waals surface area contributed by atoms with E-state index in [0.29, 0.717) is 17.0 Å². The van der Waals surface area contributed by atoms with Gasteiger partial charge in [0.25, 0.3) is 5.91 Å². The van der Waals surface area contributed by atoms with E-state index in [2.05, 4.69) is 38.0 Å². The number of anilines is 2. The molecule has 3 N–H and O–H groups in total. The fourth-order valence-corrected chi connectivity index (χ4v) is 2.32. The molecule has 3 aromatic rings. The van der Waals surface area contributed by atoms with Crippen molar-refractivity contribution in [3.8, 4) is 0 Å². The van der Waals surface area contributed by atoms with Crippen LogP contribution in [-0.2, 0) is 0 Å². The van der Waals surface area contributed by atoms with Crippen LogP contribution in [0.3, 0.4) is 0 Å². The topological polar surface area (TPSA) is 85.3 Å². The van der Waals surface area contributed by atoms with E-state index in [1.54, 1.807) is 12.3 Å². The van der Waals surface area contributed by atoms with E-state index in [1.807, 2.05) is 24.3 Å². The van der Waals surface area contributed by atoms with E-state index in [4.69, 9.17) is 5.73 Å². The number of para-hydroxylation sites is 1. The SMILES string of the molecule is Nc1ccn2ncc(C(=O)Nc3ccccc3I)c2n1. The van der Waals surface area contributed by atoms with Gasteiger partial charge in [0.15, 0.2) is 5.65 Å². The normalized spacial score (nSPS) is 10.7. The lowest BCUT2D eigenvalue weighted by molar-refractivity contribution is 0.102. The van der Waals surface area contributed by atoms with Gasteiger partial charge >= 0.3 is 0 Å². The smallest absolute Gasteiger partial charge is 0.261 e. The third-order valence-corrected chi connectivity index (χ3v) is 3.70. The van der Waals surface area contributed by atoms with Crippen LogP contribution in [0.25, 0.3) is 5.65 Å². The number of carbonyl (C=O) groups is 1. The van der Waals surface area contributed by atoms with Crippen LogP contribution < -0.4 is 11.1 Å². The quantitative estimate of drug-likeness (QED) is 0.669. The highest BCUT2D eigenvalue weighted by atomic mass is 127. The zero-order chi connectivity index (χ0) is 14.1. The number of rotatable bonds is 2. The number of fused-ring (bicyclic) bond motifs is 1. The molecule has 20 heavy (non-hydrogen) atoms. The van der Waals surface area contributed by atoms with Gasteiger partial charge in [0.05, 0.1) is 11.9 Å². The Morgan fingerprint density at radius 1 is 1.30 bits per heavy atom. The second kappa shape index (κ2) is 5.08. The molecule has 7 heteroatoms.